The number of aromatic nitrogens is 4. The van der Waals surface area contributed by atoms with Crippen LogP contribution >= 0.6 is 0 Å². The Morgan fingerprint density at radius 3 is 2.43 bits per heavy atom. The van der Waals surface area contributed by atoms with Crippen molar-refractivity contribution < 1.29 is 13.6 Å². The van der Waals surface area contributed by atoms with Crippen LogP contribution in [-0.4, -0.2) is 37.7 Å². The lowest BCUT2D eigenvalue weighted by molar-refractivity contribution is 0.0922. The minimum absolute atomic E-state index is 0.00185. The van der Waals surface area contributed by atoms with Crippen molar-refractivity contribution in [3.8, 4) is 5.69 Å². The zero-order chi connectivity index (χ0) is 24.4. The molecule has 0 unspecified atom stereocenters. The summed E-state index contributed by atoms with van der Waals surface area (Å²) in [5.41, 5.74) is 1.46. The van der Waals surface area contributed by atoms with Crippen LogP contribution in [0.1, 0.15) is 48.8 Å². The number of anilines is 1. The number of amides is 1. The van der Waals surface area contributed by atoms with E-state index in [-0.39, 0.29) is 29.4 Å². The lowest BCUT2D eigenvalue weighted by Gasteiger charge is -2.30. The van der Waals surface area contributed by atoms with Gasteiger partial charge in [0, 0.05) is 18.5 Å². The molecule has 9 heteroatoms. The van der Waals surface area contributed by atoms with E-state index in [0.29, 0.717) is 17.9 Å². The van der Waals surface area contributed by atoms with Gasteiger partial charge in [0.25, 0.3) is 5.91 Å². The van der Waals surface area contributed by atoms with Crippen LogP contribution < -0.4 is 10.6 Å². The SMILES string of the molecule is CCc1nc(NC2CCC(NC(=O)c3ccccc3F)CC2)c2cnn(-c3ccc(F)cc3)c2n1. The van der Waals surface area contributed by atoms with Crippen molar-refractivity contribution >= 4 is 22.8 Å². The number of nitrogens with zero attached hydrogens (tertiary/aromatic N) is 4. The molecule has 2 aromatic carbocycles. The second-order valence-electron chi connectivity index (χ2n) is 8.76. The average molecular weight is 477 g/mol. The predicted octanol–water partition coefficient (Wildman–Crippen LogP) is 4.81. The minimum atomic E-state index is -0.513. The third-order valence-corrected chi connectivity index (χ3v) is 6.38. The highest BCUT2D eigenvalue weighted by molar-refractivity contribution is 5.94. The molecule has 180 valence electrons. The highest BCUT2D eigenvalue weighted by atomic mass is 19.1. The lowest BCUT2D eigenvalue weighted by atomic mass is 9.91. The Morgan fingerprint density at radius 2 is 1.71 bits per heavy atom. The zero-order valence-corrected chi connectivity index (χ0v) is 19.3. The van der Waals surface area contributed by atoms with Crippen molar-refractivity contribution in [1.29, 1.82) is 0 Å². The van der Waals surface area contributed by atoms with E-state index in [4.69, 9.17) is 4.98 Å². The molecule has 0 radical (unpaired) electrons. The molecule has 1 saturated carbocycles. The van der Waals surface area contributed by atoms with Crippen molar-refractivity contribution in [3.63, 3.8) is 0 Å². The van der Waals surface area contributed by atoms with Crippen molar-refractivity contribution in [3.05, 3.63) is 77.8 Å². The quantitative estimate of drug-likeness (QED) is 0.417. The molecule has 1 aliphatic carbocycles. The van der Waals surface area contributed by atoms with Gasteiger partial charge in [0.05, 0.1) is 22.8 Å². The Bertz CT molecular complexity index is 1350. The molecule has 0 bridgehead atoms. The fourth-order valence-corrected chi connectivity index (χ4v) is 4.48. The molecule has 0 atom stereocenters. The summed E-state index contributed by atoms with van der Waals surface area (Å²) in [6.45, 7) is 1.99. The Balaban J connectivity index is 1.29. The minimum Gasteiger partial charge on any atom is -0.367 e. The van der Waals surface area contributed by atoms with Crippen LogP contribution in [0.25, 0.3) is 16.7 Å². The van der Waals surface area contributed by atoms with Crippen LogP contribution in [0.4, 0.5) is 14.6 Å². The number of hydrogen-bond donors (Lipinski definition) is 2. The smallest absolute Gasteiger partial charge is 0.254 e. The number of halogens is 2. The molecule has 1 fully saturated rings. The second-order valence-corrected chi connectivity index (χ2v) is 8.76. The monoisotopic (exact) mass is 476 g/mol. The maximum atomic E-state index is 13.9. The van der Waals surface area contributed by atoms with Gasteiger partial charge < -0.3 is 10.6 Å². The van der Waals surface area contributed by atoms with Crippen LogP contribution in [0.15, 0.2) is 54.7 Å². The van der Waals surface area contributed by atoms with Crippen LogP contribution in [0.2, 0.25) is 0 Å². The van der Waals surface area contributed by atoms with Gasteiger partial charge in [-0.05, 0) is 62.1 Å². The highest BCUT2D eigenvalue weighted by Gasteiger charge is 2.25. The molecule has 1 amide bonds. The summed E-state index contributed by atoms with van der Waals surface area (Å²) in [7, 11) is 0. The first-order chi connectivity index (χ1) is 17.0. The number of nitrogens with one attached hydrogen (secondary N) is 2. The first-order valence-corrected chi connectivity index (χ1v) is 11.8. The molecular weight excluding hydrogens is 450 g/mol. The van der Waals surface area contributed by atoms with Gasteiger partial charge in [-0.3, -0.25) is 4.79 Å². The van der Waals surface area contributed by atoms with E-state index in [9.17, 15) is 13.6 Å². The number of fused-ring (bicyclic) bond motifs is 1. The van der Waals surface area contributed by atoms with Gasteiger partial charge in [0.1, 0.15) is 23.3 Å². The Kier molecular flexibility index (Phi) is 6.39. The molecule has 35 heavy (non-hydrogen) atoms. The normalized spacial score (nSPS) is 17.9. The van der Waals surface area contributed by atoms with Gasteiger partial charge in [-0.15, -0.1) is 0 Å². The van der Waals surface area contributed by atoms with Crippen LogP contribution in [-0.2, 0) is 6.42 Å². The molecule has 2 heterocycles. The van der Waals surface area contributed by atoms with E-state index < -0.39 is 5.82 Å². The summed E-state index contributed by atoms with van der Waals surface area (Å²) in [5, 5.41) is 11.8. The van der Waals surface area contributed by atoms with Crippen molar-refractivity contribution in [1.82, 2.24) is 25.1 Å². The molecule has 5 rings (SSSR count). The van der Waals surface area contributed by atoms with E-state index in [1.807, 2.05) is 6.92 Å². The molecule has 0 aliphatic heterocycles. The third-order valence-electron chi connectivity index (χ3n) is 6.38. The van der Waals surface area contributed by atoms with E-state index in [2.05, 4.69) is 20.7 Å². The van der Waals surface area contributed by atoms with E-state index in [1.165, 1.54) is 24.3 Å². The summed E-state index contributed by atoms with van der Waals surface area (Å²) in [6, 6.07) is 12.3. The van der Waals surface area contributed by atoms with Gasteiger partial charge in [-0.2, -0.15) is 5.10 Å². The number of benzene rings is 2. The van der Waals surface area contributed by atoms with Crippen molar-refractivity contribution in [2.24, 2.45) is 0 Å². The topological polar surface area (TPSA) is 84.7 Å². The molecule has 0 spiro atoms. The van der Waals surface area contributed by atoms with Crippen LogP contribution in [0, 0.1) is 11.6 Å². The second kappa shape index (κ2) is 9.77. The largest absolute Gasteiger partial charge is 0.367 e. The molecule has 0 saturated heterocycles. The molecular formula is C26H26F2N6O. The summed E-state index contributed by atoms with van der Waals surface area (Å²) in [4.78, 5) is 21.8. The van der Waals surface area contributed by atoms with E-state index in [1.54, 1.807) is 35.1 Å². The highest BCUT2D eigenvalue weighted by Crippen LogP contribution is 2.27. The summed E-state index contributed by atoms with van der Waals surface area (Å²) in [6.07, 6.45) is 5.61. The molecule has 7 nitrogen and oxygen atoms in total. The Hall–Kier alpha value is -3.88. The number of carbonyl (C=O) groups excluding carboxylic acids is 1. The van der Waals surface area contributed by atoms with Gasteiger partial charge in [-0.25, -0.2) is 23.4 Å². The first-order valence-electron chi connectivity index (χ1n) is 11.8. The van der Waals surface area contributed by atoms with Gasteiger partial charge in [-0.1, -0.05) is 19.1 Å². The zero-order valence-electron chi connectivity index (χ0n) is 19.3. The van der Waals surface area contributed by atoms with Crippen LogP contribution in [0.5, 0.6) is 0 Å². The van der Waals surface area contributed by atoms with E-state index in [0.717, 1.165) is 42.6 Å². The van der Waals surface area contributed by atoms with Gasteiger partial charge in [0.2, 0.25) is 0 Å². The fourth-order valence-electron chi connectivity index (χ4n) is 4.48. The molecule has 2 N–H and O–H groups in total. The number of carbonyl (C=O) groups is 1. The third kappa shape index (κ3) is 4.84. The maximum Gasteiger partial charge on any atom is 0.254 e. The standard InChI is InChI=1S/C26H26F2N6O/c1-2-23-32-24(21-15-29-34(25(21)33-23)19-13-7-16(27)8-14-19)30-17-9-11-18(12-10-17)31-26(35)20-5-3-4-6-22(20)28/h3-8,13-15,17-18H,2,9-12H2,1H3,(H,31,35)(H,30,32,33). The summed E-state index contributed by atoms with van der Waals surface area (Å²) < 4.78 is 29.0. The predicted molar refractivity (Wildman–Crippen MR) is 130 cm³/mol. The molecule has 1 aliphatic rings. The lowest BCUT2D eigenvalue weighted by Crippen LogP contribution is -2.40. The van der Waals surface area contributed by atoms with Gasteiger partial charge >= 0.3 is 0 Å². The number of aryl methyl sites for hydroxylation is 1. The maximum absolute atomic E-state index is 13.9. The van der Waals surface area contributed by atoms with Crippen molar-refractivity contribution in [2.45, 2.75) is 51.1 Å². The summed E-state index contributed by atoms with van der Waals surface area (Å²) in [5.74, 6) is 0.213. The van der Waals surface area contributed by atoms with Crippen LogP contribution in [0.3, 0.4) is 0 Å². The fraction of sp³-hybridized carbons (Fsp3) is 0.308. The average Bonchev–Trinajstić information content (AvgIpc) is 3.30. The number of rotatable bonds is 6. The first kappa shape index (κ1) is 22.9. The van der Waals surface area contributed by atoms with Crippen molar-refractivity contribution in [2.75, 3.05) is 5.32 Å². The molecule has 2 aromatic heterocycles. The number of hydrogen-bond acceptors (Lipinski definition) is 5. The molecule has 4 aromatic rings. The Labute approximate surface area is 201 Å². The Morgan fingerprint density at radius 1 is 1.00 bits per heavy atom. The van der Waals surface area contributed by atoms with E-state index >= 15 is 0 Å². The van der Waals surface area contributed by atoms with Gasteiger partial charge in [0.15, 0.2) is 5.65 Å². The summed E-state index contributed by atoms with van der Waals surface area (Å²) >= 11 is 0.